The summed E-state index contributed by atoms with van der Waals surface area (Å²) in [6.07, 6.45) is 8.48. The van der Waals surface area contributed by atoms with E-state index in [0.29, 0.717) is 12.2 Å². The van der Waals surface area contributed by atoms with Crippen LogP contribution < -0.4 is 5.32 Å². The van der Waals surface area contributed by atoms with Gasteiger partial charge in [0.1, 0.15) is 6.33 Å². The van der Waals surface area contributed by atoms with Gasteiger partial charge in [0.2, 0.25) is 0 Å². The van der Waals surface area contributed by atoms with E-state index in [1.807, 2.05) is 12.1 Å². The largest absolute Gasteiger partial charge is 0.373 e. The number of rotatable bonds is 3. The average Bonchev–Trinajstić information content (AvgIpc) is 3.27. The first-order chi connectivity index (χ1) is 11.7. The van der Waals surface area contributed by atoms with Crippen molar-refractivity contribution in [2.24, 2.45) is 0 Å². The second kappa shape index (κ2) is 6.32. The fraction of sp³-hybridized carbons (Fsp3) is 0.529. The fourth-order valence-corrected chi connectivity index (χ4v) is 3.80. The van der Waals surface area contributed by atoms with Crippen molar-refractivity contribution < 1.29 is 9.53 Å². The van der Waals surface area contributed by atoms with E-state index in [9.17, 15) is 4.79 Å². The molecule has 2 heterocycles. The molecule has 1 N–H and O–H groups in total. The number of amides is 1. The van der Waals surface area contributed by atoms with E-state index in [2.05, 4.69) is 20.8 Å². The first-order valence-corrected chi connectivity index (χ1v) is 8.52. The molecule has 1 atom stereocenters. The van der Waals surface area contributed by atoms with E-state index in [4.69, 9.17) is 4.74 Å². The Morgan fingerprint density at radius 1 is 1.21 bits per heavy atom. The summed E-state index contributed by atoms with van der Waals surface area (Å²) in [5.74, 6) is -0.0558. The lowest BCUT2D eigenvalue weighted by molar-refractivity contribution is -0.0246. The summed E-state index contributed by atoms with van der Waals surface area (Å²) in [5.41, 5.74) is 1.47. The van der Waals surface area contributed by atoms with Crippen molar-refractivity contribution in [2.75, 3.05) is 6.61 Å². The highest BCUT2D eigenvalue weighted by molar-refractivity contribution is 5.94. The number of hydrogen-bond donors (Lipinski definition) is 1. The van der Waals surface area contributed by atoms with Gasteiger partial charge < -0.3 is 10.1 Å². The molecule has 1 saturated carbocycles. The van der Waals surface area contributed by atoms with Gasteiger partial charge in [-0.2, -0.15) is 0 Å². The topological polar surface area (TPSA) is 81.9 Å². The highest BCUT2D eigenvalue weighted by Gasteiger charge is 2.41. The number of hydrogen-bond acceptors (Lipinski definition) is 5. The van der Waals surface area contributed by atoms with Crippen molar-refractivity contribution in [2.45, 2.75) is 50.2 Å². The van der Waals surface area contributed by atoms with E-state index in [-0.39, 0.29) is 17.6 Å². The van der Waals surface area contributed by atoms with E-state index < -0.39 is 0 Å². The monoisotopic (exact) mass is 327 g/mol. The van der Waals surface area contributed by atoms with Crippen LogP contribution in [0.2, 0.25) is 0 Å². The number of nitrogens with one attached hydrogen (secondary N) is 1. The Bertz CT molecular complexity index is 692. The Hall–Kier alpha value is -2.28. The molecule has 0 radical (unpaired) electrons. The molecule has 1 aliphatic heterocycles. The summed E-state index contributed by atoms with van der Waals surface area (Å²) in [5, 5.41) is 14.2. The standard InChI is InChI=1S/C17H21N5O2/c23-16(13-4-6-15(7-5-13)22-12-18-20-21-22)19-14-10-17(24-11-14)8-2-1-3-9-17/h4-7,12,14H,1-3,8-11H2,(H,19,23)/t14-/m1/s1. The molecule has 2 aliphatic rings. The lowest BCUT2D eigenvalue weighted by Gasteiger charge is -2.32. The van der Waals surface area contributed by atoms with Gasteiger partial charge in [-0.15, -0.1) is 5.10 Å². The molecular weight excluding hydrogens is 306 g/mol. The van der Waals surface area contributed by atoms with Crippen LogP contribution in [-0.4, -0.2) is 44.4 Å². The Morgan fingerprint density at radius 3 is 2.71 bits per heavy atom. The predicted molar refractivity (Wildman–Crippen MR) is 86.8 cm³/mol. The molecule has 7 nitrogen and oxygen atoms in total. The van der Waals surface area contributed by atoms with E-state index >= 15 is 0 Å². The summed E-state index contributed by atoms with van der Waals surface area (Å²) in [6.45, 7) is 0.619. The van der Waals surface area contributed by atoms with Gasteiger partial charge in [0.25, 0.3) is 5.91 Å². The molecule has 1 spiro atoms. The van der Waals surface area contributed by atoms with E-state index in [1.165, 1.54) is 25.6 Å². The third-order valence-corrected chi connectivity index (χ3v) is 5.05. The quantitative estimate of drug-likeness (QED) is 0.931. The van der Waals surface area contributed by atoms with Crippen LogP contribution in [0.15, 0.2) is 30.6 Å². The molecule has 1 aromatic carbocycles. The molecular formula is C17H21N5O2. The summed E-state index contributed by atoms with van der Waals surface area (Å²) in [7, 11) is 0. The van der Waals surface area contributed by atoms with E-state index in [0.717, 1.165) is 24.9 Å². The highest BCUT2D eigenvalue weighted by Crippen LogP contribution is 2.39. The molecule has 2 aromatic rings. The molecule has 2 fully saturated rings. The third-order valence-electron chi connectivity index (χ3n) is 5.05. The first kappa shape index (κ1) is 15.3. The summed E-state index contributed by atoms with van der Waals surface area (Å²) >= 11 is 0. The summed E-state index contributed by atoms with van der Waals surface area (Å²) < 4.78 is 7.61. The molecule has 0 bridgehead atoms. The van der Waals surface area contributed by atoms with Gasteiger partial charge in [0.05, 0.1) is 23.9 Å². The minimum Gasteiger partial charge on any atom is -0.373 e. The van der Waals surface area contributed by atoms with Crippen LogP contribution in [0, 0.1) is 0 Å². The second-order valence-electron chi connectivity index (χ2n) is 6.73. The van der Waals surface area contributed by atoms with Crippen LogP contribution >= 0.6 is 0 Å². The highest BCUT2D eigenvalue weighted by atomic mass is 16.5. The molecule has 7 heteroatoms. The fourth-order valence-electron chi connectivity index (χ4n) is 3.80. The number of nitrogens with zero attached hydrogens (tertiary/aromatic N) is 4. The van der Waals surface area contributed by atoms with Crippen LogP contribution in [0.5, 0.6) is 0 Å². The molecule has 1 aromatic heterocycles. The molecule has 1 aliphatic carbocycles. The lowest BCUT2D eigenvalue weighted by Crippen LogP contribution is -2.37. The van der Waals surface area contributed by atoms with Gasteiger partial charge in [-0.05, 0) is 54.0 Å². The second-order valence-corrected chi connectivity index (χ2v) is 6.73. The zero-order valence-electron chi connectivity index (χ0n) is 13.5. The van der Waals surface area contributed by atoms with Crippen molar-refractivity contribution >= 4 is 5.91 Å². The Morgan fingerprint density at radius 2 is 2.00 bits per heavy atom. The van der Waals surface area contributed by atoms with Gasteiger partial charge in [0.15, 0.2) is 0 Å². The minimum absolute atomic E-state index is 0.0140. The normalized spacial score (nSPS) is 22.6. The number of carbonyl (C=O) groups is 1. The maximum atomic E-state index is 12.5. The lowest BCUT2D eigenvalue weighted by atomic mass is 9.82. The maximum Gasteiger partial charge on any atom is 0.251 e. The van der Waals surface area contributed by atoms with Gasteiger partial charge in [-0.3, -0.25) is 4.79 Å². The van der Waals surface area contributed by atoms with E-state index in [1.54, 1.807) is 16.8 Å². The summed E-state index contributed by atoms with van der Waals surface area (Å²) in [4.78, 5) is 12.5. The van der Waals surface area contributed by atoms with Crippen LogP contribution in [-0.2, 0) is 4.74 Å². The first-order valence-electron chi connectivity index (χ1n) is 8.52. The number of carbonyl (C=O) groups excluding carboxylic acids is 1. The smallest absolute Gasteiger partial charge is 0.251 e. The van der Waals surface area contributed by atoms with Crippen molar-refractivity contribution in [1.29, 1.82) is 0 Å². The van der Waals surface area contributed by atoms with Gasteiger partial charge in [0, 0.05) is 5.56 Å². The van der Waals surface area contributed by atoms with Crippen molar-refractivity contribution in [3.63, 3.8) is 0 Å². The molecule has 0 unspecified atom stereocenters. The van der Waals surface area contributed by atoms with Crippen LogP contribution in [0.3, 0.4) is 0 Å². The molecule has 1 saturated heterocycles. The SMILES string of the molecule is O=C(N[C@H]1COC2(CCCCC2)C1)c1ccc(-n2cnnn2)cc1. The zero-order chi connectivity index (χ0) is 16.4. The number of benzene rings is 1. The minimum atomic E-state index is -0.0558. The maximum absolute atomic E-state index is 12.5. The molecule has 24 heavy (non-hydrogen) atoms. The Kier molecular flexibility index (Phi) is 4.02. The number of ether oxygens (including phenoxy) is 1. The molecule has 126 valence electrons. The molecule has 1 amide bonds. The molecule has 4 rings (SSSR count). The van der Waals surface area contributed by atoms with Crippen molar-refractivity contribution in [3.05, 3.63) is 36.2 Å². The van der Waals surface area contributed by atoms with Crippen LogP contribution in [0.25, 0.3) is 5.69 Å². The number of aromatic nitrogens is 4. The zero-order valence-corrected chi connectivity index (χ0v) is 13.5. The average molecular weight is 327 g/mol. The van der Waals surface area contributed by atoms with Crippen LogP contribution in [0.4, 0.5) is 0 Å². The number of tetrazole rings is 1. The van der Waals surface area contributed by atoms with Crippen molar-refractivity contribution in [3.8, 4) is 5.69 Å². The Labute approximate surface area is 140 Å². The Balaban J connectivity index is 1.38. The summed E-state index contributed by atoms with van der Waals surface area (Å²) in [6, 6.07) is 7.35. The van der Waals surface area contributed by atoms with Crippen LogP contribution in [0.1, 0.15) is 48.9 Å². The van der Waals surface area contributed by atoms with Gasteiger partial charge >= 0.3 is 0 Å². The predicted octanol–water partition coefficient (Wildman–Crippen LogP) is 1.88. The van der Waals surface area contributed by atoms with Gasteiger partial charge in [-0.1, -0.05) is 19.3 Å². The van der Waals surface area contributed by atoms with Gasteiger partial charge in [-0.25, -0.2) is 4.68 Å². The van der Waals surface area contributed by atoms with Crippen molar-refractivity contribution in [1.82, 2.24) is 25.5 Å². The third kappa shape index (κ3) is 3.03.